The monoisotopic (exact) mass is 411 g/mol. The quantitative estimate of drug-likeness (QED) is 0.723. The molecule has 0 radical (unpaired) electrons. The molecule has 2 heterocycles. The topological polar surface area (TPSA) is 88.1 Å². The average molecular weight is 411 g/mol. The molecule has 0 amide bonds. The van der Waals surface area contributed by atoms with Gasteiger partial charge in [0.15, 0.2) is 5.69 Å². The molecule has 0 atom stereocenters. The second kappa shape index (κ2) is 8.14. The van der Waals surface area contributed by atoms with Crippen LogP contribution in [-0.4, -0.2) is 38.7 Å². The highest BCUT2D eigenvalue weighted by atomic mass is 19.4. The number of aliphatic carboxylic acids is 1. The minimum atomic E-state index is -4.48. The molecule has 6 nitrogen and oxygen atoms in total. The Kier molecular flexibility index (Phi) is 5.97. The number of halogens is 3. The summed E-state index contributed by atoms with van der Waals surface area (Å²) in [5, 5.41) is 9.16. The van der Waals surface area contributed by atoms with Crippen molar-refractivity contribution in [1.82, 2.24) is 15.0 Å². The number of rotatable bonds is 6. The fourth-order valence-electron chi connectivity index (χ4n) is 3.31. The van der Waals surface area contributed by atoms with E-state index in [1.807, 2.05) is 6.07 Å². The maximum atomic E-state index is 12.7. The second-order valence-corrected chi connectivity index (χ2v) is 8.08. The minimum absolute atomic E-state index is 0.0352. The lowest BCUT2D eigenvalue weighted by molar-refractivity contribution is -0.152. The lowest BCUT2D eigenvalue weighted by Gasteiger charge is -2.30. The van der Waals surface area contributed by atoms with Crippen LogP contribution in [0.15, 0.2) is 24.5 Å². The summed E-state index contributed by atoms with van der Waals surface area (Å²) in [5.41, 5.74) is -0.481. The van der Waals surface area contributed by atoms with Crippen molar-refractivity contribution in [3.63, 3.8) is 0 Å². The number of hydrogen-bond donors (Lipinski definition) is 2. The number of ether oxygens (including phenoxy) is 1. The van der Waals surface area contributed by atoms with E-state index in [-0.39, 0.29) is 24.5 Å². The van der Waals surface area contributed by atoms with E-state index < -0.39 is 23.3 Å². The van der Waals surface area contributed by atoms with E-state index in [4.69, 9.17) is 9.84 Å². The van der Waals surface area contributed by atoms with Crippen molar-refractivity contribution < 1.29 is 27.8 Å². The lowest BCUT2D eigenvalue weighted by Crippen LogP contribution is -2.32. The van der Waals surface area contributed by atoms with Gasteiger partial charge >= 0.3 is 12.1 Å². The molecule has 1 aliphatic carbocycles. The van der Waals surface area contributed by atoms with Crippen LogP contribution in [0, 0.1) is 5.41 Å². The standard InChI is InChI=1S/C20H24F3N3O3/c1-19(2,18(27)28)11-29-14-6-3-12(4-7-14)15-8-5-13(9-24-15)17-25-10-16(26-17)20(21,22)23/h5,8-10,12,14H,3-4,6-7,11H2,1-2H3,(H,25,26)(H,27,28)/t12-,14-. The average Bonchev–Trinajstić information content (AvgIpc) is 3.18. The van der Waals surface area contributed by atoms with E-state index in [1.165, 1.54) is 6.20 Å². The molecule has 1 fully saturated rings. The molecule has 9 heteroatoms. The number of carboxylic acids is 1. The molecular formula is C20H24F3N3O3. The van der Waals surface area contributed by atoms with Crippen LogP contribution >= 0.6 is 0 Å². The molecule has 2 aromatic rings. The van der Waals surface area contributed by atoms with Crippen LogP contribution in [0.1, 0.15) is 56.8 Å². The third-order valence-electron chi connectivity index (χ3n) is 5.28. The van der Waals surface area contributed by atoms with Gasteiger partial charge in [-0.3, -0.25) is 9.78 Å². The van der Waals surface area contributed by atoms with E-state index >= 15 is 0 Å². The summed E-state index contributed by atoms with van der Waals surface area (Å²) in [5.74, 6) is -0.498. The molecule has 0 aromatic carbocycles. The van der Waals surface area contributed by atoms with Crippen molar-refractivity contribution >= 4 is 5.97 Å². The molecule has 2 aromatic heterocycles. The highest BCUT2D eigenvalue weighted by Crippen LogP contribution is 2.35. The maximum Gasteiger partial charge on any atom is 0.434 e. The molecule has 0 saturated heterocycles. The zero-order chi connectivity index (χ0) is 21.2. The molecule has 158 valence electrons. The van der Waals surface area contributed by atoms with Crippen LogP contribution in [-0.2, 0) is 15.7 Å². The van der Waals surface area contributed by atoms with Gasteiger partial charge in [-0.25, -0.2) is 4.98 Å². The Morgan fingerprint density at radius 1 is 1.24 bits per heavy atom. The SMILES string of the molecule is CC(C)(CO[C@H]1CC[C@H](c2ccc(-c3nc(C(F)(F)F)c[nH]3)cn2)CC1)C(=O)O. The minimum Gasteiger partial charge on any atom is -0.481 e. The summed E-state index contributed by atoms with van der Waals surface area (Å²) in [7, 11) is 0. The zero-order valence-corrected chi connectivity index (χ0v) is 16.3. The van der Waals surface area contributed by atoms with Crippen LogP contribution in [0.4, 0.5) is 13.2 Å². The van der Waals surface area contributed by atoms with Gasteiger partial charge in [-0.2, -0.15) is 13.2 Å². The van der Waals surface area contributed by atoms with Gasteiger partial charge in [0, 0.05) is 29.6 Å². The lowest BCUT2D eigenvalue weighted by atomic mass is 9.84. The van der Waals surface area contributed by atoms with Gasteiger partial charge in [-0.15, -0.1) is 0 Å². The smallest absolute Gasteiger partial charge is 0.434 e. The van der Waals surface area contributed by atoms with E-state index in [1.54, 1.807) is 19.9 Å². The molecule has 0 unspecified atom stereocenters. The van der Waals surface area contributed by atoms with E-state index in [2.05, 4.69) is 15.0 Å². The van der Waals surface area contributed by atoms with E-state index in [0.717, 1.165) is 37.6 Å². The third kappa shape index (κ3) is 5.14. The summed E-state index contributed by atoms with van der Waals surface area (Å²) < 4.78 is 43.8. The predicted octanol–water partition coefficient (Wildman–Crippen LogP) is 4.64. The first-order valence-corrected chi connectivity index (χ1v) is 9.50. The van der Waals surface area contributed by atoms with Crippen molar-refractivity contribution in [1.29, 1.82) is 0 Å². The maximum absolute atomic E-state index is 12.7. The Labute approximate surface area is 166 Å². The normalized spacial score (nSPS) is 20.6. The Hall–Kier alpha value is -2.42. The number of carboxylic acid groups (broad SMARTS) is 1. The van der Waals surface area contributed by atoms with Crippen molar-refractivity contribution in [3.8, 4) is 11.4 Å². The van der Waals surface area contributed by atoms with Crippen molar-refractivity contribution in [2.24, 2.45) is 5.41 Å². The summed E-state index contributed by atoms with van der Waals surface area (Å²) in [6, 6.07) is 3.55. The number of nitrogens with one attached hydrogen (secondary N) is 1. The molecular weight excluding hydrogens is 387 g/mol. The number of imidazole rings is 1. The zero-order valence-electron chi connectivity index (χ0n) is 16.3. The highest BCUT2D eigenvalue weighted by molar-refractivity contribution is 5.73. The number of aromatic amines is 1. The molecule has 2 N–H and O–H groups in total. The van der Waals surface area contributed by atoms with Gasteiger partial charge in [0.2, 0.25) is 0 Å². The summed E-state index contributed by atoms with van der Waals surface area (Å²) in [6.45, 7) is 3.46. The fraction of sp³-hybridized carbons (Fsp3) is 0.550. The van der Waals surface area contributed by atoms with Gasteiger partial charge < -0.3 is 14.8 Å². The van der Waals surface area contributed by atoms with Gasteiger partial charge in [0.05, 0.1) is 18.1 Å². The number of aromatic nitrogens is 3. The predicted molar refractivity (Wildman–Crippen MR) is 99.2 cm³/mol. The van der Waals surface area contributed by atoms with Gasteiger partial charge in [0.25, 0.3) is 0 Å². The molecule has 1 saturated carbocycles. The number of H-pyrrole nitrogens is 1. The first-order chi connectivity index (χ1) is 13.6. The number of alkyl halides is 3. The summed E-state index contributed by atoms with van der Waals surface area (Å²) in [4.78, 5) is 21.7. The molecule has 1 aliphatic rings. The highest BCUT2D eigenvalue weighted by Gasteiger charge is 2.34. The number of pyridine rings is 1. The Balaban J connectivity index is 1.55. The van der Waals surface area contributed by atoms with Crippen LogP contribution in [0.25, 0.3) is 11.4 Å². The second-order valence-electron chi connectivity index (χ2n) is 8.08. The van der Waals surface area contributed by atoms with Crippen LogP contribution < -0.4 is 0 Å². The molecule has 0 bridgehead atoms. The van der Waals surface area contributed by atoms with Crippen LogP contribution in [0.2, 0.25) is 0 Å². The van der Waals surface area contributed by atoms with Gasteiger partial charge in [0.1, 0.15) is 5.82 Å². The Morgan fingerprint density at radius 3 is 2.45 bits per heavy atom. The van der Waals surface area contributed by atoms with Gasteiger partial charge in [-0.05, 0) is 51.7 Å². The fourth-order valence-corrected chi connectivity index (χ4v) is 3.31. The first kappa shape index (κ1) is 21.3. The van der Waals surface area contributed by atoms with E-state index in [9.17, 15) is 18.0 Å². The van der Waals surface area contributed by atoms with E-state index in [0.29, 0.717) is 5.56 Å². The largest absolute Gasteiger partial charge is 0.481 e. The Morgan fingerprint density at radius 2 is 1.93 bits per heavy atom. The molecule has 0 aliphatic heterocycles. The number of hydrogen-bond acceptors (Lipinski definition) is 4. The molecule has 3 rings (SSSR count). The number of carbonyl (C=O) groups is 1. The molecule has 29 heavy (non-hydrogen) atoms. The van der Waals surface area contributed by atoms with Crippen LogP contribution in [0.5, 0.6) is 0 Å². The molecule has 0 spiro atoms. The first-order valence-electron chi connectivity index (χ1n) is 9.50. The van der Waals surface area contributed by atoms with Gasteiger partial charge in [-0.1, -0.05) is 0 Å². The van der Waals surface area contributed by atoms with Crippen molar-refractivity contribution in [2.75, 3.05) is 6.61 Å². The van der Waals surface area contributed by atoms with Crippen LogP contribution in [0.3, 0.4) is 0 Å². The summed E-state index contributed by atoms with van der Waals surface area (Å²) in [6.07, 6.45) is 1.29. The Bertz CT molecular complexity index is 839. The summed E-state index contributed by atoms with van der Waals surface area (Å²) >= 11 is 0. The van der Waals surface area contributed by atoms with Crippen molar-refractivity contribution in [2.45, 2.75) is 57.7 Å². The van der Waals surface area contributed by atoms with Crippen molar-refractivity contribution in [3.05, 3.63) is 35.9 Å². The third-order valence-corrected chi connectivity index (χ3v) is 5.28. The number of nitrogens with zero attached hydrogens (tertiary/aromatic N) is 2.